The second-order valence-electron chi connectivity index (χ2n) is 7.42. The predicted octanol–water partition coefficient (Wildman–Crippen LogP) is 4.71. The van der Waals surface area contributed by atoms with Crippen LogP contribution >= 0.6 is 0 Å². The van der Waals surface area contributed by atoms with Crippen molar-refractivity contribution in [3.8, 4) is 16.9 Å². The molecular formula is C25H24F3N3O3. The highest BCUT2D eigenvalue weighted by Crippen LogP contribution is 2.31. The number of amides is 2. The third-order valence-corrected chi connectivity index (χ3v) is 5.04. The molecular weight excluding hydrogens is 447 g/mol. The summed E-state index contributed by atoms with van der Waals surface area (Å²) in [7, 11) is 1.44. The molecule has 0 aliphatic rings. The van der Waals surface area contributed by atoms with E-state index < -0.39 is 17.6 Å². The molecule has 0 atom stereocenters. The largest absolute Gasteiger partial charge is 0.496 e. The highest BCUT2D eigenvalue weighted by molar-refractivity contribution is 6.06. The Hall–Kier alpha value is -3.85. The molecule has 0 bridgehead atoms. The number of benzene rings is 3. The van der Waals surface area contributed by atoms with E-state index in [2.05, 4.69) is 10.6 Å². The number of halogens is 3. The highest BCUT2D eigenvalue weighted by Gasteiger charge is 2.30. The molecule has 2 amide bonds. The number of nitrogens with one attached hydrogen (secondary N) is 2. The molecule has 0 aliphatic heterocycles. The van der Waals surface area contributed by atoms with Gasteiger partial charge in [-0.2, -0.15) is 13.2 Å². The van der Waals surface area contributed by atoms with E-state index in [9.17, 15) is 22.8 Å². The lowest BCUT2D eigenvalue weighted by atomic mass is 10.0. The van der Waals surface area contributed by atoms with Crippen molar-refractivity contribution in [2.24, 2.45) is 5.73 Å². The minimum Gasteiger partial charge on any atom is -0.496 e. The first-order valence-corrected chi connectivity index (χ1v) is 10.5. The monoisotopic (exact) mass is 471 g/mol. The fraction of sp³-hybridized carbons (Fsp3) is 0.200. The van der Waals surface area contributed by atoms with Gasteiger partial charge in [-0.3, -0.25) is 9.59 Å². The fourth-order valence-corrected chi connectivity index (χ4v) is 3.26. The van der Waals surface area contributed by atoms with Crippen LogP contribution in [-0.4, -0.2) is 32.0 Å². The van der Waals surface area contributed by atoms with Gasteiger partial charge in [-0.1, -0.05) is 24.3 Å². The second kappa shape index (κ2) is 10.8. The van der Waals surface area contributed by atoms with Crippen LogP contribution in [0.3, 0.4) is 0 Å². The Balaban J connectivity index is 1.78. The fourth-order valence-electron chi connectivity index (χ4n) is 3.26. The summed E-state index contributed by atoms with van der Waals surface area (Å²) in [4.78, 5) is 25.3. The molecule has 0 unspecified atom stereocenters. The summed E-state index contributed by atoms with van der Waals surface area (Å²) in [5.41, 5.74) is 6.79. The average molecular weight is 471 g/mol. The van der Waals surface area contributed by atoms with Crippen LogP contribution in [0, 0.1) is 0 Å². The zero-order chi connectivity index (χ0) is 24.7. The number of hydrogen-bond acceptors (Lipinski definition) is 4. The van der Waals surface area contributed by atoms with Gasteiger partial charge in [0.15, 0.2) is 0 Å². The zero-order valence-corrected chi connectivity index (χ0v) is 18.4. The van der Waals surface area contributed by atoms with Gasteiger partial charge in [0.2, 0.25) is 0 Å². The van der Waals surface area contributed by atoms with Crippen LogP contribution in [0.25, 0.3) is 11.1 Å². The van der Waals surface area contributed by atoms with Crippen LogP contribution in [0.2, 0.25) is 0 Å². The molecule has 0 fully saturated rings. The molecule has 0 saturated heterocycles. The summed E-state index contributed by atoms with van der Waals surface area (Å²) in [5, 5.41) is 5.48. The van der Waals surface area contributed by atoms with Crippen molar-refractivity contribution in [1.29, 1.82) is 0 Å². The molecule has 0 saturated carbocycles. The number of ether oxygens (including phenoxy) is 1. The Morgan fingerprint density at radius 1 is 0.941 bits per heavy atom. The van der Waals surface area contributed by atoms with E-state index in [0.717, 1.165) is 12.1 Å². The summed E-state index contributed by atoms with van der Waals surface area (Å²) >= 11 is 0. The minimum absolute atomic E-state index is 0.260. The molecule has 0 radical (unpaired) electrons. The molecule has 3 rings (SSSR count). The summed E-state index contributed by atoms with van der Waals surface area (Å²) < 4.78 is 43.7. The SMILES string of the molecule is COc1ccc(NC(=O)c2cccc(-c3ccc(C(F)(F)F)cc3)c2)cc1C(=O)NCCCN. The number of rotatable bonds is 8. The summed E-state index contributed by atoms with van der Waals surface area (Å²) in [6.45, 7) is 0.852. The van der Waals surface area contributed by atoms with E-state index in [0.29, 0.717) is 47.6 Å². The Morgan fingerprint density at radius 3 is 2.32 bits per heavy atom. The summed E-state index contributed by atoms with van der Waals surface area (Å²) in [5.74, 6) is -0.438. The maximum atomic E-state index is 12.8. The van der Waals surface area contributed by atoms with Crippen molar-refractivity contribution < 1.29 is 27.5 Å². The third-order valence-electron chi connectivity index (χ3n) is 5.04. The topological polar surface area (TPSA) is 93.4 Å². The van der Waals surface area contributed by atoms with Crippen molar-refractivity contribution in [3.63, 3.8) is 0 Å². The molecule has 34 heavy (non-hydrogen) atoms. The van der Waals surface area contributed by atoms with Crippen LogP contribution in [0.15, 0.2) is 66.7 Å². The van der Waals surface area contributed by atoms with Gasteiger partial charge in [0, 0.05) is 17.8 Å². The van der Waals surface area contributed by atoms with Gasteiger partial charge in [0.25, 0.3) is 11.8 Å². The van der Waals surface area contributed by atoms with Crippen molar-refractivity contribution in [2.45, 2.75) is 12.6 Å². The van der Waals surface area contributed by atoms with Crippen LogP contribution in [0.1, 0.15) is 32.7 Å². The predicted molar refractivity (Wildman–Crippen MR) is 124 cm³/mol. The summed E-state index contributed by atoms with van der Waals surface area (Å²) in [6.07, 6.45) is -3.79. The number of nitrogens with two attached hydrogens (primary N) is 1. The van der Waals surface area contributed by atoms with Gasteiger partial charge in [0.1, 0.15) is 5.75 Å². The van der Waals surface area contributed by atoms with Crippen molar-refractivity contribution in [1.82, 2.24) is 5.32 Å². The molecule has 3 aromatic rings. The van der Waals surface area contributed by atoms with Gasteiger partial charge < -0.3 is 21.1 Å². The van der Waals surface area contributed by atoms with Gasteiger partial charge in [0.05, 0.1) is 18.2 Å². The first-order chi connectivity index (χ1) is 16.2. The first kappa shape index (κ1) is 24.8. The lowest BCUT2D eigenvalue weighted by molar-refractivity contribution is -0.137. The third kappa shape index (κ3) is 6.14. The molecule has 3 aromatic carbocycles. The average Bonchev–Trinajstić information content (AvgIpc) is 2.83. The number of methoxy groups -OCH3 is 1. The standard InChI is InChI=1S/C25H24F3N3O3/c1-34-22-11-10-20(15-21(22)24(33)30-13-3-12-29)31-23(32)18-5-2-4-17(14-18)16-6-8-19(9-7-16)25(26,27)28/h2,4-11,14-15H,3,12-13,29H2,1H3,(H,30,33)(H,31,32). The first-order valence-electron chi connectivity index (χ1n) is 10.5. The maximum Gasteiger partial charge on any atom is 0.416 e. The van der Waals surface area contributed by atoms with Crippen LogP contribution in [0.4, 0.5) is 18.9 Å². The molecule has 0 spiro atoms. The Labute approximate surface area is 194 Å². The zero-order valence-electron chi connectivity index (χ0n) is 18.4. The van der Waals surface area contributed by atoms with E-state index >= 15 is 0 Å². The Bertz CT molecular complexity index is 1160. The van der Waals surface area contributed by atoms with Crippen molar-refractivity contribution in [3.05, 3.63) is 83.4 Å². The number of hydrogen-bond donors (Lipinski definition) is 3. The number of anilines is 1. The van der Waals surface area contributed by atoms with E-state index in [1.807, 2.05) is 0 Å². The van der Waals surface area contributed by atoms with Gasteiger partial charge >= 0.3 is 6.18 Å². The van der Waals surface area contributed by atoms with Crippen LogP contribution in [0.5, 0.6) is 5.75 Å². The number of carbonyl (C=O) groups is 2. The van der Waals surface area contributed by atoms with E-state index in [1.54, 1.807) is 36.4 Å². The Kier molecular flexibility index (Phi) is 7.91. The van der Waals surface area contributed by atoms with Crippen molar-refractivity contribution in [2.75, 3.05) is 25.5 Å². The number of alkyl halides is 3. The molecule has 0 aromatic heterocycles. The summed E-state index contributed by atoms with van der Waals surface area (Å²) in [6, 6.07) is 15.9. The highest BCUT2D eigenvalue weighted by atomic mass is 19.4. The van der Waals surface area contributed by atoms with E-state index in [1.165, 1.54) is 25.3 Å². The lowest BCUT2D eigenvalue weighted by Crippen LogP contribution is -2.26. The van der Waals surface area contributed by atoms with Gasteiger partial charge in [-0.15, -0.1) is 0 Å². The molecule has 0 heterocycles. The minimum atomic E-state index is -4.42. The molecule has 178 valence electrons. The van der Waals surface area contributed by atoms with E-state index in [4.69, 9.17) is 10.5 Å². The molecule has 4 N–H and O–H groups in total. The van der Waals surface area contributed by atoms with E-state index in [-0.39, 0.29) is 11.5 Å². The van der Waals surface area contributed by atoms with Crippen LogP contribution in [-0.2, 0) is 6.18 Å². The van der Waals surface area contributed by atoms with Gasteiger partial charge in [-0.25, -0.2) is 0 Å². The second-order valence-corrected chi connectivity index (χ2v) is 7.42. The van der Waals surface area contributed by atoms with Crippen molar-refractivity contribution >= 4 is 17.5 Å². The Morgan fingerprint density at radius 2 is 1.68 bits per heavy atom. The normalized spacial score (nSPS) is 11.1. The molecule has 0 aliphatic carbocycles. The number of carbonyl (C=O) groups excluding carboxylic acids is 2. The van der Waals surface area contributed by atoms with Crippen LogP contribution < -0.4 is 21.1 Å². The quantitative estimate of drug-likeness (QED) is 0.415. The maximum absolute atomic E-state index is 12.8. The lowest BCUT2D eigenvalue weighted by Gasteiger charge is -2.12. The smallest absolute Gasteiger partial charge is 0.416 e. The van der Waals surface area contributed by atoms with Gasteiger partial charge in [-0.05, 0) is 66.6 Å². The molecule has 9 heteroatoms. The molecule has 6 nitrogen and oxygen atoms in total.